The highest BCUT2D eigenvalue weighted by Gasteiger charge is 2.23. The maximum Gasteiger partial charge on any atom is 0.247 e. The van der Waals surface area contributed by atoms with Gasteiger partial charge in [0.2, 0.25) is 5.91 Å². The van der Waals surface area contributed by atoms with E-state index in [1.165, 1.54) is 11.1 Å². The van der Waals surface area contributed by atoms with Crippen LogP contribution in [-0.4, -0.2) is 43.7 Å². The Labute approximate surface area is 172 Å². The molecule has 1 N–H and O–H groups in total. The normalized spacial score (nSPS) is 16.6. The van der Waals surface area contributed by atoms with Gasteiger partial charge in [0.1, 0.15) is 0 Å². The number of nitrogens with zero attached hydrogens (tertiary/aromatic N) is 1. The standard InChI is InChI=1S/C23H27ClN2O2/c1-17-3-7-20(8-4-17)22(26-11-13-28-14-12-26)16-25-23(27)18(2)15-19-5-9-21(24)10-6-19/h3-10,15,22H,11-14,16H2,1-2H3,(H,25,27)/b18-15+. The van der Waals surface area contributed by atoms with Crippen molar-refractivity contribution in [3.63, 3.8) is 0 Å². The molecule has 0 aliphatic carbocycles. The molecule has 0 aromatic heterocycles. The lowest BCUT2D eigenvalue weighted by Crippen LogP contribution is -2.43. The topological polar surface area (TPSA) is 41.6 Å². The van der Waals surface area contributed by atoms with Gasteiger partial charge in [-0.25, -0.2) is 0 Å². The van der Waals surface area contributed by atoms with E-state index in [0.29, 0.717) is 17.1 Å². The second-order valence-electron chi connectivity index (χ2n) is 7.16. The molecule has 2 aromatic rings. The van der Waals surface area contributed by atoms with E-state index in [0.717, 1.165) is 31.9 Å². The second-order valence-corrected chi connectivity index (χ2v) is 7.60. The minimum atomic E-state index is -0.0553. The summed E-state index contributed by atoms with van der Waals surface area (Å²) in [6.07, 6.45) is 1.88. The molecule has 1 heterocycles. The Kier molecular flexibility index (Phi) is 7.26. The maximum atomic E-state index is 12.6. The summed E-state index contributed by atoms with van der Waals surface area (Å²) in [5, 5.41) is 3.79. The Balaban J connectivity index is 1.68. The van der Waals surface area contributed by atoms with E-state index >= 15 is 0 Å². The molecule has 5 heteroatoms. The fourth-order valence-electron chi connectivity index (χ4n) is 3.34. The number of benzene rings is 2. The van der Waals surface area contributed by atoms with Crippen LogP contribution in [0.25, 0.3) is 6.08 Å². The third-order valence-electron chi connectivity index (χ3n) is 5.02. The van der Waals surface area contributed by atoms with Gasteiger partial charge >= 0.3 is 0 Å². The van der Waals surface area contributed by atoms with Gasteiger partial charge in [0, 0.05) is 30.2 Å². The number of morpholine rings is 1. The van der Waals surface area contributed by atoms with Crippen molar-refractivity contribution >= 4 is 23.6 Å². The predicted octanol–water partition coefficient (Wildman–Crippen LogP) is 4.24. The second kappa shape index (κ2) is 9.87. The zero-order chi connectivity index (χ0) is 19.9. The molecule has 4 nitrogen and oxygen atoms in total. The SMILES string of the molecule is C/C(=C\c1ccc(Cl)cc1)C(=O)NCC(c1ccc(C)cc1)N1CCOCC1. The van der Waals surface area contributed by atoms with Gasteiger partial charge in [-0.2, -0.15) is 0 Å². The molecule has 1 aliphatic heterocycles. The van der Waals surface area contributed by atoms with Crippen molar-refractivity contribution < 1.29 is 9.53 Å². The third-order valence-corrected chi connectivity index (χ3v) is 5.27. The molecule has 2 aromatic carbocycles. The smallest absolute Gasteiger partial charge is 0.247 e. The summed E-state index contributed by atoms with van der Waals surface area (Å²) in [6.45, 7) is 7.67. The Morgan fingerprint density at radius 3 is 2.43 bits per heavy atom. The minimum Gasteiger partial charge on any atom is -0.379 e. The van der Waals surface area contributed by atoms with Crippen molar-refractivity contribution in [3.05, 3.63) is 75.8 Å². The van der Waals surface area contributed by atoms with Crippen LogP contribution in [-0.2, 0) is 9.53 Å². The highest BCUT2D eigenvalue weighted by atomic mass is 35.5. The molecular formula is C23H27ClN2O2. The summed E-state index contributed by atoms with van der Waals surface area (Å²) in [4.78, 5) is 15.0. The summed E-state index contributed by atoms with van der Waals surface area (Å²) in [7, 11) is 0. The lowest BCUT2D eigenvalue weighted by Gasteiger charge is -2.35. The van der Waals surface area contributed by atoms with Crippen LogP contribution in [0.4, 0.5) is 0 Å². The summed E-state index contributed by atoms with van der Waals surface area (Å²) in [6, 6.07) is 16.1. The Morgan fingerprint density at radius 1 is 1.14 bits per heavy atom. The van der Waals surface area contributed by atoms with Crippen LogP contribution in [0.15, 0.2) is 54.1 Å². The van der Waals surface area contributed by atoms with Crippen LogP contribution in [0.1, 0.15) is 29.7 Å². The predicted molar refractivity (Wildman–Crippen MR) is 114 cm³/mol. The van der Waals surface area contributed by atoms with Crippen LogP contribution < -0.4 is 5.32 Å². The van der Waals surface area contributed by atoms with Gasteiger partial charge in [-0.05, 0) is 43.2 Å². The van der Waals surface area contributed by atoms with Crippen LogP contribution in [0.2, 0.25) is 5.02 Å². The minimum absolute atomic E-state index is 0.0553. The Hall–Kier alpha value is -2.14. The van der Waals surface area contributed by atoms with E-state index < -0.39 is 0 Å². The summed E-state index contributed by atoms with van der Waals surface area (Å²) in [5.41, 5.74) is 4.08. The molecule has 0 saturated carbocycles. The van der Waals surface area contributed by atoms with Crippen molar-refractivity contribution in [2.45, 2.75) is 19.9 Å². The van der Waals surface area contributed by atoms with E-state index in [4.69, 9.17) is 16.3 Å². The van der Waals surface area contributed by atoms with E-state index in [1.807, 2.05) is 37.3 Å². The number of rotatable bonds is 6. The summed E-state index contributed by atoms with van der Waals surface area (Å²) >= 11 is 5.92. The van der Waals surface area contributed by atoms with Crippen molar-refractivity contribution in [2.24, 2.45) is 0 Å². The van der Waals surface area contributed by atoms with Gasteiger partial charge in [0.05, 0.1) is 19.3 Å². The molecule has 1 saturated heterocycles. The Bertz CT molecular complexity index is 810. The number of carbonyl (C=O) groups is 1. The fourth-order valence-corrected chi connectivity index (χ4v) is 3.46. The van der Waals surface area contributed by atoms with E-state index in [2.05, 4.69) is 41.4 Å². The first-order valence-corrected chi connectivity index (χ1v) is 10.0. The number of halogens is 1. The number of carbonyl (C=O) groups excluding carboxylic acids is 1. The van der Waals surface area contributed by atoms with Gasteiger partial charge in [-0.1, -0.05) is 53.6 Å². The van der Waals surface area contributed by atoms with Gasteiger partial charge in [0.25, 0.3) is 0 Å². The highest BCUT2D eigenvalue weighted by Crippen LogP contribution is 2.22. The first-order chi connectivity index (χ1) is 13.5. The van der Waals surface area contributed by atoms with E-state index in [-0.39, 0.29) is 11.9 Å². The number of ether oxygens (including phenoxy) is 1. The molecule has 1 aliphatic rings. The van der Waals surface area contributed by atoms with Gasteiger partial charge in [-0.15, -0.1) is 0 Å². The Morgan fingerprint density at radius 2 is 1.79 bits per heavy atom. The molecule has 1 amide bonds. The molecule has 0 radical (unpaired) electrons. The summed E-state index contributed by atoms with van der Waals surface area (Å²) in [5.74, 6) is -0.0553. The molecule has 0 spiro atoms. The van der Waals surface area contributed by atoms with Crippen LogP contribution >= 0.6 is 11.6 Å². The van der Waals surface area contributed by atoms with Crippen molar-refractivity contribution in [2.75, 3.05) is 32.8 Å². The highest BCUT2D eigenvalue weighted by molar-refractivity contribution is 6.30. The number of amides is 1. The van der Waals surface area contributed by atoms with E-state index in [9.17, 15) is 4.79 Å². The van der Waals surface area contributed by atoms with Gasteiger partial charge in [0.15, 0.2) is 0 Å². The van der Waals surface area contributed by atoms with Crippen molar-refractivity contribution in [3.8, 4) is 0 Å². The average Bonchev–Trinajstić information content (AvgIpc) is 2.71. The largest absolute Gasteiger partial charge is 0.379 e. The molecule has 148 valence electrons. The maximum absolute atomic E-state index is 12.6. The quantitative estimate of drug-likeness (QED) is 0.740. The molecule has 28 heavy (non-hydrogen) atoms. The lowest BCUT2D eigenvalue weighted by molar-refractivity contribution is -0.117. The molecule has 0 bridgehead atoms. The van der Waals surface area contributed by atoms with Crippen LogP contribution in [0, 0.1) is 6.92 Å². The van der Waals surface area contributed by atoms with Crippen LogP contribution in [0.3, 0.4) is 0 Å². The molecule has 1 fully saturated rings. The zero-order valence-corrected chi connectivity index (χ0v) is 17.2. The molecule has 3 rings (SSSR count). The van der Waals surface area contributed by atoms with Gasteiger partial charge in [-0.3, -0.25) is 9.69 Å². The first kappa shape index (κ1) is 20.6. The monoisotopic (exact) mass is 398 g/mol. The number of aryl methyl sites for hydroxylation is 1. The average molecular weight is 399 g/mol. The third kappa shape index (κ3) is 5.68. The molecule has 1 atom stereocenters. The number of nitrogens with one attached hydrogen (secondary N) is 1. The van der Waals surface area contributed by atoms with Crippen molar-refractivity contribution in [1.29, 1.82) is 0 Å². The van der Waals surface area contributed by atoms with Crippen molar-refractivity contribution in [1.82, 2.24) is 10.2 Å². The fraction of sp³-hybridized carbons (Fsp3) is 0.348. The van der Waals surface area contributed by atoms with Crippen LogP contribution in [0.5, 0.6) is 0 Å². The van der Waals surface area contributed by atoms with E-state index in [1.54, 1.807) is 0 Å². The summed E-state index contributed by atoms with van der Waals surface area (Å²) < 4.78 is 5.50. The zero-order valence-electron chi connectivity index (χ0n) is 16.5. The number of hydrogen-bond acceptors (Lipinski definition) is 3. The first-order valence-electron chi connectivity index (χ1n) is 9.63. The van der Waals surface area contributed by atoms with Gasteiger partial charge < -0.3 is 10.1 Å². The molecular weight excluding hydrogens is 372 g/mol. The molecule has 1 unspecified atom stereocenters. The number of hydrogen-bond donors (Lipinski definition) is 1. The lowest BCUT2D eigenvalue weighted by atomic mass is 10.0.